The van der Waals surface area contributed by atoms with Gasteiger partial charge in [-0.15, -0.1) is 11.3 Å². The van der Waals surface area contributed by atoms with Gasteiger partial charge in [-0.3, -0.25) is 14.9 Å². The summed E-state index contributed by atoms with van der Waals surface area (Å²) in [5.74, 6) is -0.395. The number of thiophene rings is 1. The van der Waals surface area contributed by atoms with E-state index in [1.165, 1.54) is 0 Å². The average Bonchev–Trinajstić information content (AvgIpc) is 2.63. The second-order valence-corrected chi connectivity index (χ2v) is 5.53. The van der Waals surface area contributed by atoms with Crippen LogP contribution in [0.2, 0.25) is 0 Å². The zero-order valence-electron chi connectivity index (χ0n) is 8.46. The molecule has 2 N–H and O–H groups in total. The highest BCUT2D eigenvalue weighted by atomic mass is 79.9. The number of carbonyl (C=O) groups is 2. The molecule has 1 unspecified atom stereocenters. The first-order valence-corrected chi connectivity index (χ1v) is 6.62. The molecule has 0 saturated carbocycles. The van der Waals surface area contributed by atoms with Crippen molar-refractivity contribution in [2.75, 3.05) is 0 Å². The molecule has 0 aliphatic carbocycles. The van der Waals surface area contributed by atoms with Crippen LogP contribution in [0.25, 0.3) is 0 Å². The summed E-state index contributed by atoms with van der Waals surface area (Å²) in [4.78, 5) is 23.5. The third-order valence-electron chi connectivity index (χ3n) is 2.38. The van der Waals surface area contributed by atoms with Crippen molar-refractivity contribution >= 4 is 39.1 Å². The molecular formula is C10H11BrN2O2S. The van der Waals surface area contributed by atoms with E-state index in [4.69, 9.17) is 0 Å². The highest BCUT2D eigenvalue weighted by molar-refractivity contribution is 9.10. The van der Waals surface area contributed by atoms with Gasteiger partial charge in [-0.2, -0.15) is 0 Å². The molecule has 1 atom stereocenters. The zero-order valence-corrected chi connectivity index (χ0v) is 10.9. The van der Waals surface area contributed by atoms with Gasteiger partial charge >= 0.3 is 0 Å². The minimum Gasteiger partial charge on any atom is -0.301 e. The van der Waals surface area contributed by atoms with Gasteiger partial charge in [0.2, 0.25) is 11.8 Å². The molecule has 1 aromatic rings. The zero-order chi connectivity index (χ0) is 11.5. The monoisotopic (exact) mass is 302 g/mol. The fourth-order valence-electron chi connectivity index (χ4n) is 1.56. The number of carbonyl (C=O) groups excluding carboxylic acids is 2. The Morgan fingerprint density at radius 3 is 3.00 bits per heavy atom. The Morgan fingerprint density at radius 1 is 1.56 bits per heavy atom. The predicted octanol–water partition coefficient (Wildman–Crippen LogP) is 1.41. The van der Waals surface area contributed by atoms with Crippen LogP contribution in [0.4, 0.5) is 0 Å². The molecule has 16 heavy (non-hydrogen) atoms. The lowest BCUT2D eigenvalue weighted by Crippen LogP contribution is -2.50. The number of nitrogens with one attached hydrogen (secondary N) is 2. The topological polar surface area (TPSA) is 58.2 Å². The van der Waals surface area contributed by atoms with Gasteiger partial charge in [0, 0.05) is 27.7 Å². The molecule has 1 fully saturated rings. The van der Waals surface area contributed by atoms with Crippen LogP contribution in [-0.2, 0) is 16.1 Å². The van der Waals surface area contributed by atoms with Gasteiger partial charge in [0.15, 0.2) is 0 Å². The molecule has 1 aliphatic rings. The minimum absolute atomic E-state index is 0.179. The van der Waals surface area contributed by atoms with Crippen molar-refractivity contribution in [3.63, 3.8) is 0 Å². The SMILES string of the molecule is O=C1CCC(NCc2cc(Br)cs2)C(=O)N1. The van der Waals surface area contributed by atoms with E-state index in [-0.39, 0.29) is 17.9 Å². The van der Waals surface area contributed by atoms with E-state index in [0.29, 0.717) is 19.4 Å². The molecule has 4 nitrogen and oxygen atoms in total. The predicted molar refractivity (Wildman–Crippen MR) is 65.0 cm³/mol. The maximum atomic E-state index is 11.4. The summed E-state index contributed by atoms with van der Waals surface area (Å²) in [5.41, 5.74) is 0. The van der Waals surface area contributed by atoms with E-state index in [1.54, 1.807) is 11.3 Å². The molecule has 6 heteroatoms. The first kappa shape index (κ1) is 11.8. The van der Waals surface area contributed by atoms with E-state index in [0.717, 1.165) is 9.35 Å². The fourth-order valence-corrected chi connectivity index (χ4v) is 2.96. The molecule has 0 bridgehead atoms. The van der Waals surface area contributed by atoms with Gasteiger partial charge in [0.1, 0.15) is 0 Å². The number of imide groups is 1. The second-order valence-electron chi connectivity index (χ2n) is 3.62. The standard InChI is InChI=1S/C10H11BrN2O2S/c11-6-3-7(16-5-6)4-12-8-1-2-9(14)13-10(8)15/h3,5,8,12H,1-2,4H2,(H,13,14,15). The smallest absolute Gasteiger partial charge is 0.243 e. The molecule has 1 aromatic heterocycles. The van der Waals surface area contributed by atoms with Crippen molar-refractivity contribution in [3.8, 4) is 0 Å². The maximum absolute atomic E-state index is 11.4. The molecule has 0 radical (unpaired) electrons. The van der Waals surface area contributed by atoms with Crippen molar-refractivity contribution < 1.29 is 9.59 Å². The number of piperidine rings is 1. The fraction of sp³-hybridized carbons (Fsp3) is 0.400. The number of amides is 2. The first-order valence-electron chi connectivity index (χ1n) is 4.95. The summed E-state index contributed by atoms with van der Waals surface area (Å²) in [5, 5.41) is 7.47. The van der Waals surface area contributed by atoms with Crippen LogP contribution in [0, 0.1) is 0 Å². The van der Waals surface area contributed by atoms with Gasteiger partial charge in [0.05, 0.1) is 6.04 Å². The number of hydrogen-bond donors (Lipinski definition) is 2. The minimum atomic E-state index is -0.251. The highest BCUT2D eigenvalue weighted by Crippen LogP contribution is 2.19. The lowest BCUT2D eigenvalue weighted by molar-refractivity contribution is -0.134. The van der Waals surface area contributed by atoms with Crippen LogP contribution in [0.3, 0.4) is 0 Å². The van der Waals surface area contributed by atoms with Crippen LogP contribution >= 0.6 is 27.3 Å². The summed E-state index contributed by atoms with van der Waals surface area (Å²) >= 11 is 5.01. The van der Waals surface area contributed by atoms with E-state index in [2.05, 4.69) is 26.6 Å². The largest absolute Gasteiger partial charge is 0.301 e. The van der Waals surface area contributed by atoms with Gasteiger partial charge < -0.3 is 5.32 Å². The summed E-state index contributed by atoms with van der Waals surface area (Å²) in [6.07, 6.45) is 0.995. The molecule has 1 aliphatic heterocycles. The normalized spacial score (nSPS) is 20.9. The summed E-state index contributed by atoms with van der Waals surface area (Å²) in [6, 6.07) is 1.77. The quantitative estimate of drug-likeness (QED) is 0.830. The average molecular weight is 303 g/mol. The van der Waals surface area contributed by atoms with E-state index < -0.39 is 0 Å². The Hall–Kier alpha value is -0.720. The molecule has 2 amide bonds. The molecular weight excluding hydrogens is 292 g/mol. The maximum Gasteiger partial charge on any atom is 0.243 e. The van der Waals surface area contributed by atoms with Gasteiger partial charge in [-0.25, -0.2) is 0 Å². The first-order chi connectivity index (χ1) is 7.65. The van der Waals surface area contributed by atoms with Crippen molar-refractivity contribution in [2.45, 2.75) is 25.4 Å². The third kappa shape index (κ3) is 2.90. The molecule has 2 rings (SSSR count). The highest BCUT2D eigenvalue weighted by Gasteiger charge is 2.25. The van der Waals surface area contributed by atoms with E-state index in [1.807, 2.05) is 11.4 Å². The number of rotatable bonds is 3. The van der Waals surface area contributed by atoms with Gasteiger partial charge in [-0.1, -0.05) is 0 Å². The van der Waals surface area contributed by atoms with Crippen LogP contribution in [0.1, 0.15) is 17.7 Å². The van der Waals surface area contributed by atoms with Crippen molar-refractivity contribution in [2.24, 2.45) is 0 Å². The Kier molecular flexibility index (Phi) is 3.73. The molecule has 1 saturated heterocycles. The van der Waals surface area contributed by atoms with Gasteiger partial charge in [0.25, 0.3) is 0 Å². The Bertz CT molecular complexity index is 419. The summed E-state index contributed by atoms with van der Waals surface area (Å²) < 4.78 is 1.05. The Morgan fingerprint density at radius 2 is 2.38 bits per heavy atom. The lowest BCUT2D eigenvalue weighted by atomic mass is 10.1. The molecule has 2 heterocycles. The van der Waals surface area contributed by atoms with Crippen molar-refractivity contribution in [3.05, 3.63) is 20.8 Å². The van der Waals surface area contributed by atoms with E-state index in [9.17, 15) is 9.59 Å². The van der Waals surface area contributed by atoms with E-state index >= 15 is 0 Å². The molecule has 0 spiro atoms. The lowest BCUT2D eigenvalue weighted by Gasteiger charge is -2.21. The molecule has 86 valence electrons. The van der Waals surface area contributed by atoms with Crippen LogP contribution in [-0.4, -0.2) is 17.9 Å². The van der Waals surface area contributed by atoms with Gasteiger partial charge in [-0.05, 0) is 28.4 Å². The third-order valence-corrected chi connectivity index (χ3v) is 4.08. The Labute approximate surface area is 106 Å². The number of halogens is 1. The van der Waals surface area contributed by atoms with Crippen molar-refractivity contribution in [1.29, 1.82) is 0 Å². The Balaban J connectivity index is 1.86. The van der Waals surface area contributed by atoms with Crippen LogP contribution in [0.5, 0.6) is 0 Å². The number of hydrogen-bond acceptors (Lipinski definition) is 4. The van der Waals surface area contributed by atoms with Crippen molar-refractivity contribution in [1.82, 2.24) is 10.6 Å². The second kappa shape index (κ2) is 5.07. The van der Waals surface area contributed by atoms with Crippen LogP contribution < -0.4 is 10.6 Å². The molecule has 0 aromatic carbocycles. The summed E-state index contributed by atoms with van der Waals surface area (Å²) in [6.45, 7) is 0.655. The summed E-state index contributed by atoms with van der Waals surface area (Å²) in [7, 11) is 0. The van der Waals surface area contributed by atoms with Crippen LogP contribution in [0.15, 0.2) is 15.9 Å².